The molecule has 0 N–H and O–H groups in total. The maximum atomic E-state index is 12.6. The van der Waals surface area contributed by atoms with Crippen LogP contribution >= 0.6 is 0 Å². The molecule has 1 amide bonds. The van der Waals surface area contributed by atoms with Crippen LogP contribution in [0.15, 0.2) is 41.4 Å². The van der Waals surface area contributed by atoms with Gasteiger partial charge in [0.1, 0.15) is 23.0 Å². The number of ether oxygens (including phenoxy) is 2. The van der Waals surface area contributed by atoms with Gasteiger partial charge in [0, 0.05) is 38.7 Å². The second kappa shape index (κ2) is 9.00. The van der Waals surface area contributed by atoms with E-state index in [4.69, 9.17) is 14.5 Å². The summed E-state index contributed by atoms with van der Waals surface area (Å²) in [6.07, 6.45) is 1.51. The third kappa shape index (κ3) is 4.68. The van der Waals surface area contributed by atoms with Crippen molar-refractivity contribution in [3.05, 3.63) is 47.5 Å². The van der Waals surface area contributed by atoms with E-state index in [9.17, 15) is 4.79 Å². The summed E-state index contributed by atoms with van der Waals surface area (Å²) in [6, 6.07) is 11.9. The van der Waals surface area contributed by atoms with E-state index in [0.717, 1.165) is 66.0 Å². The van der Waals surface area contributed by atoms with Gasteiger partial charge < -0.3 is 19.3 Å². The Balaban J connectivity index is 1.67. The minimum atomic E-state index is 0.244. The average molecular weight is 422 g/mol. The van der Waals surface area contributed by atoms with E-state index in [1.54, 1.807) is 7.11 Å². The first-order valence-corrected chi connectivity index (χ1v) is 11.0. The van der Waals surface area contributed by atoms with Crippen LogP contribution in [-0.2, 0) is 4.79 Å². The molecule has 2 aromatic rings. The number of aryl methyl sites for hydroxylation is 1. The lowest BCUT2D eigenvalue weighted by Crippen LogP contribution is -2.38. The highest BCUT2D eigenvalue weighted by molar-refractivity contribution is 6.04. The fourth-order valence-corrected chi connectivity index (χ4v) is 4.09. The van der Waals surface area contributed by atoms with Crippen molar-refractivity contribution in [3.8, 4) is 17.2 Å². The monoisotopic (exact) mass is 421 g/mol. The summed E-state index contributed by atoms with van der Waals surface area (Å²) in [5.74, 6) is 3.73. The lowest BCUT2D eigenvalue weighted by atomic mass is 10.1. The molecule has 4 rings (SSSR count). The van der Waals surface area contributed by atoms with Crippen LogP contribution < -0.4 is 9.47 Å². The predicted octanol–water partition coefficient (Wildman–Crippen LogP) is 4.77. The molecule has 2 aliphatic rings. The molecule has 1 fully saturated rings. The van der Waals surface area contributed by atoms with Crippen LogP contribution in [0.3, 0.4) is 0 Å². The zero-order valence-corrected chi connectivity index (χ0v) is 18.9. The number of aliphatic imine (C=N–C) groups is 1. The van der Waals surface area contributed by atoms with Crippen LogP contribution in [-0.4, -0.2) is 54.8 Å². The molecule has 0 aliphatic carbocycles. The molecule has 0 bridgehead atoms. The Hall–Kier alpha value is -3.02. The van der Waals surface area contributed by atoms with Crippen LogP contribution in [0.1, 0.15) is 37.8 Å². The van der Waals surface area contributed by atoms with Crippen LogP contribution in [0.4, 0.5) is 5.69 Å². The maximum Gasteiger partial charge on any atom is 0.222 e. The average Bonchev–Trinajstić information content (AvgIpc) is 3.07. The zero-order valence-electron chi connectivity index (χ0n) is 18.9. The van der Waals surface area contributed by atoms with Crippen molar-refractivity contribution in [2.24, 2.45) is 10.9 Å². The molecule has 0 atom stereocenters. The Labute approximate surface area is 184 Å². The summed E-state index contributed by atoms with van der Waals surface area (Å²) in [5.41, 5.74) is 2.88. The summed E-state index contributed by atoms with van der Waals surface area (Å²) < 4.78 is 11.7. The smallest absolute Gasteiger partial charge is 0.222 e. The fraction of sp³-hybridized carbons (Fsp3) is 0.440. The van der Waals surface area contributed by atoms with Crippen molar-refractivity contribution < 1.29 is 14.3 Å². The van der Waals surface area contributed by atoms with Gasteiger partial charge in [-0.2, -0.15) is 0 Å². The molecule has 0 unspecified atom stereocenters. The molecule has 2 aromatic carbocycles. The van der Waals surface area contributed by atoms with Crippen LogP contribution in [0.25, 0.3) is 0 Å². The van der Waals surface area contributed by atoms with Crippen molar-refractivity contribution in [3.63, 3.8) is 0 Å². The number of hydrogen-bond acceptors (Lipinski definition) is 5. The highest BCUT2D eigenvalue weighted by atomic mass is 16.5. The summed E-state index contributed by atoms with van der Waals surface area (Å²) in [7, 11) is 1.66. The Morgan fingerprint density at radius 3 is 2.71 bits per heavy atom. The van der Waals surface area contributed by atoms with Gasteiger partial charge in [0.05, 0.1) is 12.7 Å². The van der Waals surface area contributed by atoms with E-state index < -0.39 is 0 Å². The highest BCUT2D eigenvalue weighted by Crippen LogP contribution is 2.40. The van der Waals surface area contributed by atoms with Gasteiger partial charge in [-0.05, 0) is 49.1 Å². The van der Waals surface area contributed by atoms with E-state index in [2.05, 4.69) is 24.8 Å². The number of fused-ring (bicyclic) bond motifs is 2. The molecule has 1 saturated heterocycles. The predicted molar refractivity (Wildman–Crippen MR) is 123 cm³/mol. The molecule has 6 heteroatoms. The molecule has 0 radical (unpaired) electrons. The number of amidine groups is 1. The standard InChI is InChI=1S/C25H31N3O3/c1-17(2)14-24(29)27-10-5-11-28(13-12-27)25-20-8-7-19(30-4)16-22(20)31-23-15-18(3)6-9-21(23)26-25/h6-9,15-17H,5,10-14H2,1-4H3. The van der Waals surface area contributed by atoms with E-state index in [0.29, 0.717) is 18.9 Å². The molecule has 0 saturated carbocycles. The molecule has 2 aliphatic heterocycles. The lowest BCUT2D eigenvalue weighted by Gasteiger charge is -2.25. The van der Waals surface area contributed by atoms with Gasteiger partial charge in [0.2, 0.25) is 5.91 Å². The summed E-state index contributed by atoms with van der Waals surface area (Å²) in [5, 5.41) is 0. The van der Waals surface area contributed by atoms with Crippen molar-refractivity contribution in [2.75, 3.05) is 33.3 Å². The Kier molecular flexibility index (Phi) is 6.16. The number of hydrogen-bond donors (Lipinski definition) is 0. The third-order valence-corrected chi connectivity index (χ3v) is 5.72. The SMILES string of the molecule is COc1ccc2c(c1)Oc1cc(C)ccc1N=C2N1CCCN(C(=O)CC(C)C)CC1. The van der Waals surface area contributed by atoms with E-state index >= 15 is 0 Å². The van der Waals surface area contributed by atoms with Gasteiger partial charge >= 0.3 is 0 Å². The number of methoxy groups -OCH3 is 1. The van der Waals surface area contributed by atoms with Gasteiger partial charge in [-0.15, -0.1) is 0 Å². The van der Waals surface area contributed by atoms with Crippen molar-refractivity contribution in [2.45, 2.75) is 33.6 Å². The maximum absolute atomic E-state index is 12.6. The second-order valence-corrected chi connectivity index (χ2v) is 8.69. The Morgan fingerprint density at radius 2 is 1.94 bits per heavy atom. The van der Waals surface area contributed by atoms with E-state index in [1.807, 2.05) is 42.2 Å². The summed E-state index contributed by atoms with van der Waals surface area (Å²) in [6.45, 7) is 9.31. The van der Waals surface area contributed by atoms with Gasteiger partial charge in [0.15, 0.2) is 5.75 Å². The van der Waals surface area contributed by atoms with Crippen molar-refractivity contribution >= 4 is 17.4 Å². The summed E-state index contributed by atoms with van der Waals surface area (Å²) >= 11 is 0. The first-order chi connectivity index (χ1) is 14.9. The Bertz CT molecular complexity index is 1000. The van der Waals surface area contributed by atoms with Crippen LogP contribution in [0, 0.1) is 12.8 Å². The number of nitrogens with zero attached hydrogens (tertiary/aromatic N) is 3. The van der Waals surface area contributed by atoms with Gasteiger partial charge in [-0.3, -0.25) is 4.79 Å². The summed E-state index contributed by atoms with van der Waals surface area (Å²) in [4.78, 5) is 21.9. The van der Waals surface area contributed by atoms with Crippen LogP contribution in [0.2, 0.25) is 0 Å². The van der Waals surface area contributed by atoms with Gasteiger partial charge in [-0.1, -0.05) is 19.9 Å². The molecule has 2 heterocycles. The number of carbonyl (C=O) groups is 1. The number of rotatable bonds is 3. The fourth-order valence-electron chi connectivity index (χ4n) is 4.09. The number of amides is 1. The highest BCUT2D eigenvalue weighted by Gasteiger charge is 2.26. The molecule has 0 spiro atoms. The number of carbonyl (C=O) groups excluding carboxylic acids is 1. The molecule has 0 aromatic heterocycles. The Morgan fingerprint density at radius 1 is 1.10 bits per heavy atom. The normalized spacial score (nSPS) is 16.0. The third-order valence-electron chi connectivity index (χ3n) is 5.72. The van der Waals surface area contributed by atoms with E-state index in [-0.39, 0.29) is 5.91 Å². The second-order valence-electron chi connectivity index (χ2n) is 8.69. The van der Waals surface area contributed by atoms with Crippen molar-refractivity contribution in [1.29, 1.82) is 0 Å². The molecule has 6 nitrogen and oxygen atoms in total. The quantitative estimate of drug-likeness (QED) is 0.717. The van der Waals surface area contributed by atoms with Crippen molar-refractivity contribution in [1.82, 2.24) is 9.80 Å². The zero-order chi connectivity index (χ0) is 22.0. The molecule has 164 valence electrons. The molecule has 31 heavy (non-hydrogen) atoms. The van der Waals surface area contributed by atoms with Crippen LogP contribution in [0.5, 0.6) is 17.2 Å². The largest absolute Gasteiger partial charge is 0.497 e. The van der Waals surface area contributed by atoms with E-state index in [1.165, 1.54) is 0 Å². The lowest BCUT2D eigenvalue weighted by molar-refractivity contribution is -0.131. The number of benzene rings is 2. The molecular weight excluding hydrogens is 390 g/mol. The minimum absolute atomic E-state index is 0.244. The van der Waals surface area contributed by atoms with Gasteiger partial charge in [-0.25, -0.2) is 4.99 Å². The minimum Gasteiger partial charge on any atom is -0.497 e. The topological polar surface area (TPSA) is 54.4 Å². The first kappa shape index (κ1) is 21.2. The first-order valence-electron chi connectivity index (χ1n) is 11.0. The molecular formula is C25H31N3O3. The van der Waals surface area contributed by atoms with Gasteiger partial charge in [0.25, 0.3) is 0 Å².